The molecule has 0 amide bonds. The molecule has 3 fully saturated rings. The molecule has 9 heteroatoms. The fraction of sp³-hybridized carbons (Fsp3) is 0.667. The Morgan fingerprint density at radius 1 is 0.926 bits per heavy atom. The van der Waals surface area contributed by atoms with Crippen molar-refractivity contribution in [3.05, 3.63) is 24.3 Å². The lowest BCUT2D eigenvalue weighted by atomic mass is 10.3. The predicted octanol–water partition coefficient (Wildman–Crippen LogP) is 2.11. The van der Waals surface area contributed by atoms with E-state index in [-0.39, 0.29) is 6.17 Å². The molecule has 1 aromatic carbocycles. The number of nitrogens with zero attached hydrogens (tertiary/aromatic N) is 6. The molecular formula is C18H29N7OP+. The Bertz CT molecular complexity index is 771. The van der Waals surface area contributed by atoms with E-state index in [1.807, 2.05) is 24.3 Å². The van der Waals surface area contributed by atoms with Gasteiger partial charge in [0.05, 0.1) is 6.17 Å². The zero-order valence-electron chi connectivity index (χ0n) is 15.8. The van der Waals surface area contributed by atoms with Crippen LogP contribution in [0.2, 0.25) is 0 Å². The highest BCUT2D eigenvalue weighted by molar-refractivity contribution is 7.64. The molecule has 3 aliphatic heterocycles. The third-order valence-electron chi connectivity index (χ3n) is 6.01. The van der Waals surface area contributed by atoms with Crippen molar-refractivity contribution in [1.29, 1.82) is 0 Å². The van der Waals surface area contributed by atoms with Crippen LogP contribution in [0.5, 0.6) is 0 Å². The number of hydrogen-bond acceptors (Lipinski definition) is 7. The van der Waals surface area contributed by atoms with Gasteiger partial charge in [-0.15, -0.1) is 14.4 Å². The van der Waals surface area contributed by atoms with Crippen molar-refractivity contribution < 1.29 is 4.62 Å². The van der Waals surface area contributed by atoms with Gasteiger partial charge in [0.2, 0.25) is 0 Å². The van der Waals surface area contributed by atoms with E-state index in [0.29, 0.717) is 0 Å². The van der Waals surface area contributed by atoms with E-state index in [0.717, 1.165) is 56.6 Å². The van der Waals surface area contributed by atoms with Crippen molar-refractivity contribution in [3.63, 3.8) is 0 Å². The van der Waals surface area contributed by atoms with Gasteiger partial charge < -0.3 is 5.73 Å². The Morgan fingerprint density at radius 3 is 2.22 bits per heavy atom. The van der Waals surface area contributed by atoms with Gasteiger partial charge in [0, 0.05) is 32.7 Å². The summed E-state index contributed by atoms with van der Waals surface area (Å²) in [7, 11) is -2.25. The van der Waals surface area contributed by atoms with Crippen molar-refractivity contribution in [2.24, 2.45) is 5.73 Å². The standard InChI is InChI=1S/C18H29N7OP/c19-18-10-7-15-24(18)27(22-11-3-4-12-22,23-13-5-6-14-23)26-25-17-9-2-1-8-16(17)20-21-25/h1-2,8-9,18H,3-7,10-15,19H2/q+1. The number of aromatic nitrogens is 3. The molecule has 0 spiro atoms. The smallest absolute Gasteiger partial charge is 0.313 e. The van der Waals surface area contributed by atoms with Crippen LogP contribution < -0.4 is 10.4 Å². The molecule has 27 heavy (non-hydrogen) atoms. The Morgan fingerprint density at radius 2 is 1.59 bits per heavy atom. The minimum Gasteiger partial charge on any atom is -0.313 e. The molecule has 0 radical (unpaired) electrons. The molecule has 5 rings (SSSR count). The highest BCUT2D eigenvalue weighted by Gasteiger charge is 2.65. The summed E-state index contributed by atoms with van der Waals surface area (Å²) in [4.78, 5) is 1.67. The maximum atomic E-state index is 6.93. The molecule has 0 aliphatic carbocycles. The summed E-state index contributed by atoms with van der Waals surface area (Å²) in [6, 6.07) is 8.01. The highest BCUT2D eigenvalue weighted by atomic mass is 31.2. The molecule has 1 unspecified atom stereocenters. The average molecular weight is 390 g/mol. The summed E-state index contributed by atoms with van der Waals surface area (Å²) in [5, 5.41) is 8.69. The normalized spacial score (nSPS) is 25.7. The maximum absolute atomic E-state index is 6.93. The lowest BCUT2D eigenvalue weighted by Crippen LogP contribution is -2.51. The molecule has 3 aliphatic rings. The van der Waals surface area contributed by atoms with Gasteiger partial charge in [-0.2, -0.15) is 4.62 Å². The van der Waals surface area contributed by atoms with Crippen LogP contribution in [-0.2, 0) is 0 Å². The van der Waals surface area contributed by atoms with E-state index in [9.17, 15) is 0 Å². The Labute approximate surface area is 160 Å². The average Bonchev–Trinajstić information content (AvgIpc) is 3.47. The topological polar surface area (TPSA) is 75.7 Å². The van der Waals surface area contributed by atoms with Crippen LogP contribution in [0.1, 0.15) is 38.5 Å². The monoisotopic (exact) mass is 390 g/mol. The van der Waals surface area contributed by atoms with E-state index in [4.69, 9.17) is 10.4 Å². The van der Waals surface area contributed by atoms with Gasteiger partial charge in [-0.05, 0) is 60.7 Å². The Balaban J connectivity index is 1.61. The summed E-state index contributed by atoms with van der Waals surface area (Å²) in [5.41, 5.74) is 8.41. The van der Waals surface area contributed by atoms with Crippen LogP contribution in [0.15, 0.2) is 24.3 Å². The summed E-state index contributed by atoms with van der Waals surface area (Å²) in [5.74, 6) is 0. The van der Waals surface area contributed by atoms with E-state index < -0.39 is 7.94 Å². The van der Waals surface area contributed by atoms with Crippen LogP contribution in [0.3, 0.4) is 0 Å². The van der Waals surface area contributed by atoms with Crippen molar-refractivity contribution in [1.82, 2.24) is 29.2 Å². The second-order valence-electron chi connectivity index (χ2n) is 7.74. The summed E-state index contributed by atoms with van der Waals surface area (Å²) in [6.45, 7) is 5.27. The summed E-state index contributed by atoms with van der Waals surface area (Å²) < 4.78 is 14.6. The number of fused-ring (bicyclic) bond motifs is 1. The van der Waals surface area contributed by atoms with Crippen LogP contribution in [0.4, 0.5) is 0 Å². The second kappa shape index (κ2) is 7.26. The molecule has 3 saturated heterocycles. The van der Waals surface area contributed by atoms with Gasteiger partial charge in [0.25, 0.3) is 0 Å². The number of benzene rings is 1. The molecule has 8 nitrogen and oxygen atoms in total. The molecular weight excluding hydrogens is 361 g/mol. The largest absolute Gasteiger partial charge is 0.452 e. The zero-order chi connectivity index (χ0) is 18.3. The Hall–Kier alpha value is -1.31. The molecule has 0 bridgehead atoms. The predicted molar refractivity (Wildman–Crippen MR) is 107 cm³/mol. The first kappa shape index (κ1) is 17.8. The fourth-order valence-corrected chi connectivity index (χ4v) is 8.84. The molecule has 1 aromatic heterocycles. The van der Waals surface area contributed by atoms with Crippen molar-refractivity contribution >= 4 is 19.0 Å². The first-order valence-electron chi connectivity index (χ1n) is 10.2. The quantitative estimate of drug-likeness (QED) is 0.784. The first-order chi connectivity index (χ1) is 13.3. The van der Waals surface area contributed by atoms with Gasteiger partial charge in [-0.25, -0.2) is 0 Å². The third-order valence-corrected chi connectivity index (χ3v) is 9.83. The van der Waals surface area contributed by atoms with Gasteiger partial charge >= 0.3 is 7.94 Å². The lowest BCUT2D eigenvalue weighted by Gasteiger charge is -2.41. The number of hydrogen-bond donors (Lipinski definition) is 1. The second-order valence-corrected chi connectivity index (χ2v) is 10.6. The van der Waals surface area contributed by atoms with E-state index in [2.05, 4.69) is 24.3 Å². The SMILES string of the molecule is NC1CCCN1[P+](On1nnc2ccccc21)(N1CCCC1)N1CCCC1. The summed E-state index contributed by atoms with van der Waals surface area (Å²) >= 11 is 0. The zero-order valence-corrected chi connectivity index (χ0v) is 16.7. The number of para-hydroxylation sites is 1. The first-order valence-corrected chi connectivity index (χ1v) is 11.8. The molecule has 2 aromatic rings. The maximum Gasteiger partial charge on any atom is 0.452 e. The van der Waals surface area contributed by atoms with Crippen LogP contribution in [0.25, 0.3) is 11.0 Å². The number of rotatable bonds is 5. The van der Waals surface area contributed by atoms with Gasteiger partial charge in [0.15, 0.2) is 0 Å². The summed E-state index contributed by atoms with van der Waals surface area (Å²) in [6.07, 6.45) is 7.10. The molecule has 0 saturated carbocycles. The van der Waals surface area contributed by atoms with Crippen LogP contribution >= 0.6 is 7.94 Å². The minimum absolute atomic E-state index is 0.0503. The van der Waals surface area contributed by atoms with E-state index >= 15 is 0 Å². The fourth-order valence-electron chi connectivity index (χ4n) is 4.69. The Kier molecular flexibility index (Phi) is 4.78. The number of nitrogens with two attached hydrogens (primary N) is 1. The lowest BCUT2D eigenvalue weighted by molar-refractivity contribution is 0.159. The molecule has 1 atom stereocenters. The molecule has 146 valence electrons. The minimum atomic E-state index is -2.25. The highest BCUT2D eigenvalue weighted by Crippen LogP contribution is 2.69. The van der Waals surface area contributed by atoms with Crippen molar-refractivity contribution in [2.75, 3.05) is 32.7 Å². The van der Waals surface area contributed by atoms with Crippen LogP contribution in [0, 0.1) is 0 Å². The van der Waals surface area contributed by atoms with Crippen molar-refractivity contribution in [3.8, 4) is 0 Å². The van der Waals surface area contributed by atoms with Gasteiger partial charge in [-0.3, -0.25) is 0 Å². The van der Waals surface area contributed by atoms with Crippen LogP contribution in [-0.4, -0.2) is 68.1 Å². The molecule has 4 heterocycles. The van der Waals surface area contributed by atoms with Crippen molar-refractivity contribution in [2.45, 2.75) is 44.7 Å². The van der Waals surface area contributed by atoms with Gasteiger partial charge in [0.1, 0.15) is 11.0 Å². The third kappa shape index (κ3) is 2.95. The van der Waals surface area contributed by atoms with Gasteiger partial charge in [-0.1, -0.05) is 16.8 Å². The van der Waals surface area contributed by atoms with E-state index in [1.54, 1.807) is 4.85 Å². The van der Waals surface area contributed by atoms with E-state index in [1.165, 1.54) is 25.7 Å². The molecule has 2 N–H and O–H groups in total.